The van der Waals surface area contributed by atoms with Gasteiger partial charge in [-0.3, -0.25) is 0 Å². The van der Waals surface area contributed by atoms with Crippen LogP contribution >= 0.6 is 0 Å². The van der Waals surface area contributed by atoms with E-state index in [0.29, 0.717) is 5.75 Å². The van der Waals surface area contributed by atoms with Gasteiger partial charge in [-0.05, 0) is 24.1 Å². The minimum Gasteiger partial charge on any atom is -0.462 e. The Balaban J connectivity index is 2.00. The molecule has 1 aromatic rings. The predicted octanol–water partition coefficient (Wildman–Crippen LogP) is -2.95. The Morgan fingerprint density at radius 3 is 2.21 bits per heavy atom. The molecule has 1 saturated heterocycles. The van der Waals surface area contributed by atoms with Crippen molar-refractivity contribution < 1.29 is 40.1 Å². The summed E-state index contributed by atoms with van der Waals surface area (Å²) in [5.41, 5.74) is 6.30. The topological polar surface area (TPSA) is 166 Å². The number of hydrogen-bond donors (Lipinski definition) is 7. The number of nitrogens with two attached hydrogens (primary N) is 1. The molecule has 0 unspecified atom stereocenters. The van der Waals surface area contributed by atoms with E-state index in [1.54, 1.807) is 24.3 Å². The summed E-state index contributed by atoms with van der Waals surface area (Å²) in [4.78, 5) is 0. The van der Waals surface area contributed by atoms with E-state index >= 15 is 0 Å². The molecule has 24 heavy (non-hydrogen) atoms. The van der Waals surface area contributed by atoms with Gasteiger partial charge in [-0.2, -0.15) is 0 Å². The summed E-state index contributed by atoms with van der Waals surface area (Å²) in [7, 11) is 0. The highest BCUT2D eigenvalue weighted by atomic mass is 16.7. The van der Waals surface area contributed by atoms with Crippen molar-refractivity contribution in [1.82, 2.24) is 0 Å². The van der Waals surface area contributed by atoms with Crippen LogP contribution in [0.15, 0.2) is 24.3 Å². The minimum atomic E-state index is -1.62. The number of hydrogen-bond acceptors (Lipinski definition) is 9. The largest absolute Gasteiger partial charge is 0.462 e. The summed E-state index contributed by atoms with van der Waals surface area (Å²) in [5, 5.41) is 56.4. The zero-order valence-electron chi connectivity index (χ0n) is 12.8. The van der Waals surface area contributed by atoms with Crippen molar-refractivity contribution in [2.24, 2.45) is 5.73 Å². The van der Waals surface area contributed by atoms with Crippen LogP contribution in [0.5, 0.6) is 5.75 Å². The lowest BCUT2D eigenvalue weighted by Crippen LogP contribution is -2.60. The molecule has 0 amide bonds. The molecule has 1 aliphatic heterocycles. The molecule has 0 bridgehead atoms. The molecular weight excluding hydrogens is 322 g/mol. The van der Waals surface area contributed by atoms with Gasteiger partial charge >= 0.3 is 0 Å². The molecule has 9 heteroatoms. The summed E-state index contributed by atoms with van der Waals surface area (Å²) in [5.74, 6) is 0.321. The van der Waals surface area contributed by atoms with Gasteiger partial charge in [0.15, 0.2) is 6.29 Å². The maximum Gasteiger partial charge on any atom is 0.229 e. The first-order chi connectivity index (χ1) is 11.3. The second kappa shape index (κ2) is 8.19. The van der Waals surface area contributed by atoms with E-state index < -0.39 is 49.6 Å². The van der Waals surface area contributed by atoms with E-state index in [0.717, 1.165) is 5.56 Å². The Labute approximate surface area is 138 Å². The first-order valence-corrected chi connectivity index (χ1v) is 7.51. The van der Waals surface area contributed by atoms with Gasteiger partial charge in [0.05, 0.1) is 12.6 Å². The van der Waals surface area contributed by atoms with Gasteiger partial charge in [0.1, 0.15) is 30.2 Å². The lowest BCUT2D eigenvalue weighted by Gasteiger charge is -2.39. The van der Waals surface area contributed by atoms with Gasteiger partial charge in [0.25, 0.3) is 0 Å². The summed E-state index contributed by atoms with van der Waals surface area (Å²) < 4.78 is 10.7. The minimum absolute atomic E-state index is 0.248. The van der Waals surface area contributed by atoms with E-state index in [1.807, 2.05) is 0 Å². The number of benzene rings is 1. The van der Waals surface area contributed by atoms with Crippen molar-refractivity contribution in [2.75, 3.05) is 6.61 Å². The van der Waals surface area contributed by atoms with Crippen LogP contribution in [0, 0.1) is 0 Å². The van der Waals surface area contributed by atoms with Crippen molar-refractivity contribution in [1.29, 1.82) is 0 Å². The molecule has 1 aliphatic rings. The number of aliphatic hydroxyl groups excluding tert-OH is 5. The molecule has 1 fully saturated rings. The smallest absolute Gasteiger partial charge is 0.229 e. The van der Waals surface area contributed by atoms with Crippen molar-refractivity contribution in [3.05, 3.63) is 29.8 Å². The molecule has 1 heterocycles. The lowest BCUT2D eigenvalue weighted by atomic mass is 9.99. The highest BCUT2D eigenvalue weighted by Crippen LogP contribution is 2.24. The highest BCUT2D eigenvalue weighted by Gasteiger charge is 2.44. The first kappa shape index (κ1) is 19.0. The van der Waals surface area contributed by atoms with Crippen LogP contribution in [0.1, 0.15) is 5.56 Å². The second-order valence-electron chi connectivity index (χ2n) is 5.74. The third-order valence-electron chi connectivity index (χ3n) is 3.88. The Kier molecular flexibility index (Phi) is 6.49. The van der Waals surface area contributed by atoms with Gasteiger partial charge < -0.3 is 45.8 Å². The SMILES string of the molecule is N[C@@H](Cc1ccc(O[C@@H]2O[C@H](CO)[C@@H](O)[C@H](O)[C@H]2O)cc1)C(O)O. The molecule has 0 radical (unpaired) electrons. The predicted molar refractivity (Wildman–Crippen MR) is 80.7 cm³/mol. The summed E-state index contributed by atoms with van der Waals surface area (Å²) in [6.07, 6.45) is -8.11. The van der Waals surface area contributed by atoms with Crippen LogP contribution in [0.3, 0.4) is 0 Å². The fourth-order valence-electron chi connectivity index (χ4n) is 2.38. The summed E-state index contributed by atoms with van der Waals surface area (Å²) in [6, 6.07) is 5.62. The van der Waals surface area contributed by atoms with Crippen molar-refractivity contribution in [3.63, 3.8) is 0 Å². The molecule has 8 N–H and O–H groups in total. The monoisotopic (exact) mass is 345 g/mol. The van der Waals surface area contributed by atoms with Crippen molar-refractivity contribution in [3.8, 4) is 5.75 Å². The Hall–Kier alpha value is -1.30. The molecule has 0 saturated carbocycles. The summed E-state index contributed by atoms with van der Waals surface area (Å²) >= 11 is 0. The first-order valence-electron chi connectivity index (χ1n) is 7.51. The van der Waals surface area contributed by atoms with E-state index in [2.05, 4.69) is 0 Å². The standard InChI is InChI=1S/C15H23NO8/c16-9(14(21)22)5-7-1-3-8(4-2-7)23-15-13(20)12(19)11(18)10(6-17)24-15/h1-4,9-15,17-22H,5-6,16H2/t9-,10+,11+,12-,13+,15+/m0/s1. The Bertz CT molecular complexity index is 509. The van der Waals surface area contributed by atoms with E-state index in [4.69, 9.17) is 30.5 Å². The van der Waals surface area contributed by atoms with Gasteiger partial charge in [-0.15, -0.1) is 0 Å². The zero-order chi connectivity index (χ0) is 17.9. The molecule has 136 valence electrons. The summed E-state index contributed by atoms with van der Waals surface area (Å²) in [6.45, 7) is -0.537. The Morgan fingerprint density at radius 2 is 1.67 bits per heavy atom. The van der Waals surface area contributed by atoms with Crippen LogP contribution < -0.4 is 10.5 Å². The molecule has 1 aromatic carbocycles. The van der Waals surface area contributed by atoms with E-state index in [1.165, 1.54) is 0 Å². The molecular formula is C15H23NO8. The maximum atomic E-state index is 9.90. The fraction of sp³-hybridized carbons (Fsp3) is 0.600. The number of ether oxygens (including phenoxy) is 2. The highest BCUT2D eigenvalue weighted by molar-refractivity contribution is 5.28. The van der Waals surface area contributed by atoms with Crippen molar-refractivity contribution in [2.45, 2.75) is 49.5 Å². The number of rotatable bonds is 6. The molecule has 0 aliphatic carbocycles. The molecule has 6 atom stereocenters. The average molecular weight is 345 g/mol. The third kappa shape index (κ3) is 4.41. The van der Waals surface area contributed by atoms with E-state index in [-0.39, 0.29) is 6.42 Å². The van der Waals surface area contributed by atoms with Crippen LogP contribution in [0.25, 0.3) is 0 Å². The van der Waals surface area contributed by atoms with Crippen LogP contribution in [0.4, 0.5) is 0 Å². The van der Waals surface area contributed by atoms with Crippen LogP contribution in [-0.4, -0.2) is 80.3 Å². The van der Waals surface area contributed by atoms with Crippen LogP contribution in [-0.2, 0) is 11.2 Å². The number of aliphatic hydroxyl groups is 6. The molecule has 9 nitrogen and oxygen atoms in total. The average Bonchev–Trinajstić information content (AvgIpc) is 2.56. The van der Waals surface area contributed by atoms with Gasteiger partial charge in [0.2, 0.25) is 6.29 Å². The van der Waals surface area contributed by atoms with Gasteiger partial charge in [-0.1, -0.05) is 12.1 Å². The molecule has 0 aromatic heterocycles. The Morgan fingerprint density at radius 1 is 1.04 bits per heavy atom. The lowest BCUT2D eigenvalue weighted by molar-refractivity contribution is -0.277. The van der Waals surface area contributed by atoms with E-state index in [9.17, 15) is 15.3 Å². The quantitative estimate of drug-likeness (QED) is 0.267. The maximum absolute atomic E-state index is 9.90. The zero-order valence-corrected chi connectivity index (χ0v) is 12.8. The molecule has 2 rings (SSSR count). The van der Waals surface area contributed by atoms with Crippen molar-refractivity contribution >= 4 is 0 Å². The second-order valence-corrected chi connectivity index (χ2v) is 5.74. The van der Waals surface area contributed by atoms with Gasteiger partial charge in [0, 0.05) is 0 Å². The molecule has 0 spiro atoms. The van der Waals surface area contributed by atoms with Crippen LogP contribution in [0.2, 0.25) is 0 Å². The normalized spacial score (nSPS) is 31.9. The third-order valence-corrected chi connectivity index (χ3v) is 3.88. The fourth-order valence-corrected chi connectivity index (χ4v) is 2.38. The van der Waals surface area contributed by atoms with Gasteiger partial charge in [-0.25, -0.2) is 0 Å².